The highest BCUT2D eigenvalue weighted by molar-refractivity contribution is 7.89. The zero-order chi connectivity index (χ0) is 10.9. The molecule has 1 aromatic rings. The van der Waals surface area contributed by atoms with Gasteiger partial charge in [-0.25, -0.2) is 18.4 Å². The van der Waals surface area contributed by atoms with E-state index in [1.807, 2.05) is 0 Å². The van der Waals surface area contributed by atoms with Crippen LogP contribution < -0.4 is 5.14 Å². The molecule has 0 bridgehead atoms. The molecule has 5 nitrogen and oxygen atoms in total. The number of rotatable bonds is 2. The second-order valence-electron chi connectivity index (χ2n) is 2.53. The van der Waals surface area contributed by atoms with E-state index >= 15 is 0 Å². The molecule has 0 aromatic heterocycles. The Morgan fingerprint density at radius 1 is 1.36 bits per heavy atom. The fourth-order valence-electron chi connectivity index (χ4n) is 0.850. The van der Waals surface area contributed by atoms with Crippen LogP contribution in [0.4, 0.5) is 0 Å². The minimum Gasteiger partial charge on any atom is -0.478 e. The molecular formula is C7H6ClNO4S. The Morgan fingerprint density at radius 2 is 1.93 bits per heavy atom. The van der Waals surface area contributed by atoms with Crippen molar-refractivity contribution in [2.24, 2.45) is 5.14 Å². The maximum atomic E-state index is 10.9. The van der Waals surface area contributed by atoms with Crippen molar-refractivity contribution in [1.29, 1.82) is 0 Å². The third kappa shape index (κ3) is 2.44. The van der Waals surface area contributed by atoms with E-state index in [0.29, 0.717) is 0 Å². The largest absolute Gasteiger partial charge is 0.478 e. The number of hydrogen-bond acceptors (Lipinski definition) is 3. The van der Waals surface area contributed by atoms with Crippen molar-refractivity contribution in [1.82, 2.24) is 0 Å². The summed E-state index contributed by atoms with van der Waals surface area (Å²) < 4.78 is 21.8. The van der Waals surface area contributed by atoms with Crippen LogP contribution in [-0.2, 0) is 10.0 Å². The van der Waals surface area contributed by atoms with Gasteiger partial charge in [0.2, 0.25) is 10.0 Å². The summed E-state index contributed by atoms with van der Waals surface area (Å²) in [5, 5.41) is 13.4. The van der Waals surface area contributed by atoms with Gasteiger partial charge in [-0.3, -0.25) is 0 Å². The standard InChI is InChI=1S/C7H6ClNO4S/c8-5-1-4(7(10)11)2-6(3-5)14(9,12)13/h1-3H,(H,10,11)(H2,9,12,13). The first-order valence-corrected chi connectivity index (χ1v) is 5.30. The molecule has 0 heterocycles. The van der Waals surface area contributed by atoms with Gasteiger partial charge in [0.25, 0.3) is 0 Å². The fraction of sp³-hybridized carbons (Fsp3) is 0. The number of carboxylic acid groups (broad SMARTS) is 1. The number of nitrogens with two attached hydrogens (primary N) is 1. The van der Waals surface area contributed by atoms with Crippen LogP contribution in [-0.4, -0.2) is 19.5 Å². The van der Waals surface area contributed by atoms with Crippen molar-refractivity contribution in [3.05, 3.63) is 28.8 Å². The molecule has 1 aromatic carbocycles. The van der Waals surface area contributed by atoms with Crippen molar-refractivity contribution in [3.63, 3.8) is 0 Å². The van der Waals surface area contributed by atoms with Crippen LogP contribution in [0.25, 0.3) is 0 Å². The zero-order valence-electron chi connectivity index (χ0n) is 6.77. The normalized spacial score (nSPS) is 11.3. The van der Waals surface area contributed by atoms with Gasteiger partial charge in [-0.15, -0.1) is 0 Å². The molecule has 0 saturated heterocycles. The van der Waals surface area contributed by atoms with Crippen molar-refractivity contribution >= 4 is 27.6 Å². The molecule has 0 aliphatic rings. The maximum absolute atomic E-state index is 10.9. The van der Waals surface area contributed by atoms with E-state index in [4.69, 9.17) is 21.8 Å². The van der Waals surface area contributed by atoms with E-state index in [0.717, 1.165) is 18.2 Å². The van der Waals surface area contributed by atoms with Crippen LogP contribution in [0.5, 0.6) is 0 Å². The van der Waals surface area contributed by atoms with Crippen molar-refractivity contribution < 1.29 is 18.3 Å². The second-order valence-corrected chi connectivity index (χ2v) is 4.52. The highest BCUT2D eigenvalue weighted by Gasteiger charge is 2.13. The Bertz CT molecular complexity index is 482. The lowest BCUT2D eigenvalue weighted by Gasteiger charge is -2.01. The van der Waals surface area contributed by atoms with E-state index in [-0.39, 0.29) is 15.5 Å². The summed E-state index contributed by atoms with van der Waals surface area (Å²) in [4.78, 5) is 10.2. The van der Waals surface area contributed by atoms with Crippen molar-refractivity contribution in [2.75, 3.05) is 0 Å². The van der Waals surface area contributed by atoms with Crippen LogP contribution >= 0.6 is 11.6 Å². The summed E-state index contributed by atoms with van der Waals surface area (Å²) in [6.07, 6.45) is 0. The molecule has 0 atom stereocenters. The van der Waals surface area contributed by atoms with Gasteiger partial charge in [0.1, 0.15) is 0 Å². The van der Waals surface area contributed by atoms with Crippen LogP contribution in [0, 0.1) is 0 Å². The summed E-state index contributed by atoms with van der Waals surface area (Å²) in [5.74, 6) is -1.27. The van der Waals surface area contributed by atoms with Crippen LogP contribution in [0.2, 0.25) is 5.02 Å². The van der Waals surface area contributed by atoms with Crippen molar-refractivity contribution in [3.8, 4) is 0 Å². The fourth-order valence-corrected chi connectivity index (χ4v) is 1.73. The zero-order valence-corrected chi connectivity index (χ0v) is 8.34. The van der Waals surface area contributed by atoms with Gasteiger partial charge in [-0.1, -0.05) is 11.6 Å². The molecule has 0 saturated carbocycles. The Kier molecular flexibility index (Phi) is 2.79. The maximum Gasteiger partial charge on any atom is 0.335 e. The Balaban J connectivity index is 3.43. The number of carbonyl (C=O) groups is 1. The summed E-state index contributed by atoms with van der Waals surface area (Å²) in [6.45, 7) is 0. The Hall–Kier alpha value is -1.11. The molecule has 0 aliphatic heterocycles. The third-order valence-electron chi connectivity index (χ3n) is 1.45. The third-order valence-corrected chi connectivity index (χ3v) is 2.56. The summed E-state index contributed by atoms with van der Waals surface area (Å²) >= 11 is 5.52. The number of benzene rings is 1. The first-order chi connectivity index (χ1) is 6.30. The van der Waals surface area contributed by atoms with Crippen LogP contribution in [0.1, 0.15) is 10.4 Å². The number of carboxylic acids is 1. The molecule has 3 N–H and O–H groups in total. The van der Waals surface area contributed by atoms with Gasteiger partial charge in [0, 0.05) is 5.02 Å². The van der Waals surface area contributed by atoms with Crippen molar-refractivity contribution in [2.45, 2.75) is 4.90 Å². The van der Waals surface area contributed by atoms with Gasteiger partial charge in [0.15, 0.2) is 0 Å². The molecule has 0 radical (unpaired) electrons. The van der Waals surface area contributed by atoms with E-state index in [2.05, 4.69) is 0 Å². The monoisotopic (exact) mass is 235 g/mol. The molecule has 1 rings (SSSR count). The lowest BCUT2D eigenvalue weighted by atomic mass is 10.2. The molecule has 0 fully saturated rings. The summed E-state index contributed by atoms with van der Waals surface area (Å²) in [5.41, 5.74) is -0.221. The molecule has 7 heteroatoms. The predicted octanol–water partition coefficient (Wildman–Crippen LogP) is 0.686. The molecular weight excluding hydrogens is 230 g/mol. The first-order valence-electron chi connectivity index (χ1n) is 3.37. The Labute approximate surface area is 85.2 Å². The second kappa shape index (κ2) is 3.56. The van der Waals surface area contributed by atoms with Crippen LogP contribution in [0.15, 0.2) is 23.1 Å². The topological polar surface area (TPSA) is 97.5 Å². The predicted molar refractivity (Wildman–Crippen MR) is 49.8 cm³/mol. The molecule has 0 amide bonds. The van der Waals surface area contributed by atoms with E-state index in [1.165, 1.54) is 0 Å². The quantitative estimate of drug-likeness (QED) is 0.788. The van der Waals surface area contributed by atoms with Gasteiger partial charge in [0.05, 0.1) is 10.5 Å². The average Bonchev–Trinajstić information content (AvgIpc) is 2.01. The smallest absolute Gasteiger partial charge is 0.335 e. The molecule has 0 spiro atoms. The Morgan fingerprint density at radius 3 is 2.36 bits per heavy atom. The van der Waals surface area contributed by atoms with E-state index in [9.17, 15) is 13.2 Å². The first kappa shape index (κ1) is 11.0. The van der Waals surface area contributed by atoms with Gasteiger partial charge in [-0.2, -0.15) is 0 Å². The SMILES string of the molecule is NS(=O)(=O)c1cc(Cl)cc(C(=O)O)c1. The minimum absolute atomic E-state index is 0.00826. The average molecular weight is 236 g/mol. The van der Waals surface area contributed by atoms with Crippen LogP contribution in [0.3, 0.4) is 0 Å². The number of aromatic carboxylic acids is 1. The molecule has 0 aliphatic carbocycles. The summed E-state index contributed by atoms with van der Waals surface area (Å²) in [7, 11) is -3.93. The van der Waals surface area contributed by atoms with Gasteiger partial charge in [-0.05, 0) is 18.2 Å². The lowest BCUT2D eigenvalue weighted by molar-refractivity contribution is 0.0696. The molecule has 76 valence electrons. The highest BCUT2D eigenvalue weighted by Crippen LogP contribution is 2.17. The molecule has 14 heavy (non-hydrogen) atoms. The minimum atomic E-state index is -3.93. The highest BCUT2D eigenvalue weighted by atomic mass is 35.5. The number of hydrogen-bond donors (Lipinski definition) is 2. The number of halogens is 1. The number of sulfonamides is 1. The van der Waals surface area contributed by atoms with Gasteiger partial charge < -0.3 is 5.11 Å². The summed E-state index contributed by atoms with van der Waals surface area (Å²) in [6, 6.07) is 3.17. The van der Waals surface area contributed by atoms with E-state index in [1.54, 1.807) is 0 Å². The van der Waals surface area contributed by atoms with E-state index < -0.39 is 16.0 Å². The molecule has 0 unspecified atom stereocenters. The number of primary sulfonamides is 1. The van der Waals surface area contributed by atoms with Gasteiger partial charge >= 0.3 is 5.97 Å². The lowest BCUT2D eigenvalue weighted by Crippen LogP contribution is -2.13.